The van der Waals surface area contributed by atoms with Gasteiger partial charge in [0.05, 0.1) is 12.1 Å². The number of carboxylic acids is 2. The fourth-order valence-electron chi connectivity index (χ4n) is 4.49. The first-order chi connectivity index (χ1) is 16.7. The summed E-state index contributed by atoms with van der Waals surface area (Å²) in [6.45, 7) is 1.02. The number of urea groups is 1. The molecule has 0 aromatic rings. The van der Waals surface area contributed by atoms with Gasteiger partial charge in [-0.05, 0) is 38.5 Å². The molecule has 0 aliphatic carbocycles. The number of aliphatic carboxylic acids is 2. The van der Waals surface area contributed by atoms with Crippen molar-refractivity contribution in [1.29, 1.82) is 0 Å². The molecule has 0 saturated carbocycles. The number of rotatable bonds is 18. The molecule has 0 bridgehead atoms. The second-order valence-corrected chi connectivity index (χ2v) is 10.5. The summed E-state index contributed by atoms with van der Waals surface area (Å²) in [6.07, 6.45) is 6.55. The van der Waals surface area contributed by atoms with E-state index in [1.54, 1.807) is 0 Å². The highest BCUT2D eigenvalue weighted by atomic mass is 32.2. The van der Waals surface area contributed by atoms with E-state index >= 15 is 0 Å². The lowest BCUT2D eigenvalue weighted by molar-refractivity contribution is -0.138. The van der Waals surface area contributed by atoms with Crippen LogP contribution in [0.5, 0.6) is 0 Å². The third kappa shape index (κ3) is 9.58. The first-order valence-corrected chi connectivity index (χ1v) is 13.4. The average Bonchev–Trinajstić information content (AvgIpc) is 3.33. The largest absolute Gasteiger partial charge is 0.481 e. The zero-order valence-corrected chi connectivity index (χ0v) is 20.9. The van der Waals surface area contributed by atoms with Gasteiger partial charge in [-0.2, -0.15) is 0 Å². The lowest BCUT2D eigenvalue weighted by Gasteiger charge is -2.32. The Morgan fingerprint density at radius 1 is 0.829 bits per heavy atom. The summed E-state index contributed by atoms with van der Waals surface area (Å²) in [7, 11) is 0. The molecule has 198 valence electrons. The minimum absolute atomic E-state index is 0.0227. The standard InChI is InChI=1S/C23H38N4O7S/c28-17(24-13-7-2-4-10-18(29)30)9-3-1-8-14-25-21(33)23(12-6-5-11-19(31)32)20-16(15-35-23)26-22(34)27-20/h16,20H,1-15H2,(H,24,28)(H,25,33)(H,29,30)(H,31,32)(H2,26,27,34)/t16-,20-,23-/m0/s1. The van der Waals surface area contributed by atoms with Crippen molar-refractivity contribution in [2.24, 2.45) is 0 Å². The van der Waals surface area contributed by atoms with Gasteiger partial charge in [0.25, 0.3) is 0 Å². The number of thioether (sulfide) groups is 1. The van der Waals surface area contributed by atoms with Crippen LogP contribution in [0.1, 0.15) is 77.0 Å². The van der Waals surface area contributed by atoms with Crippen LogP contribution in [-0.2, 0) is 19.2 Å². The Balaban J connectivity index is 1.65. The van der Waals surface area contributed by atoms with Crippen LogP contribution in [0.2, 0.25) is 0 Å². The van der Waals surface area contributed by atoms with Crippen molar-refractivity contribution < 1.29 is 34.2 Å². The number of carboxylic acid groups (broad SMARTS) is 2. The summed E-state index contributed by atoms with van der Waals surface area (Å²) >= 11 is 1.52. The molecule has 2 aliphatic heterocycles. The van der Waals surface area contributed by atoms with Crippen molar-refractivity contribution in [3.05, 3.63) is 0 Å². The van der Waals surface area contributed by atoms with Crippen LogP contribution in [0, 0.1) is 0 Å². The van der Waals surface area contributed by atoms with Crippen LogP contribution in [0.4, 0.5) is 4.79 Å². The maximum absolute atomic E-state index is 13.2. The fraction of sp³-hybridized carbons (Fsp3) is 0.783. The van der Waals surface area contributed by atoms with E-state index < -0.39 is 16.7 Å². The highest BCUT2D eigenvalue weighted by molar-refractivity contribution is 8.01. The number of unbranched alkanes of at least 4 members (excludes halogenated alkanes) is 5. The third-order valence-electron chi connectivity index (χ3n) is 6.36. The Hall–Kier alpha value is -2.50. The Morgan fingerprint density at radius 3 is 2.09 bits per heavy atom. The van der Waals surface area contributed by atoms with Gasteiger partial charge >= 0.3 is 18.0 Å². The number of carbonyl (C=O) groups is 5. The molecule has 4 amide bonds. The number of hydrogen-bond donors (Lipinski definition) is 6. The number of hydrogen-bond acceptors (Lipinski definition) is 6. The Bertz CT molecular complexity index is 766. The molecule has 2 rings (SSSR count). The molecule has 0 radical (unpaired) electrons. The molecule has 0 unspecified atom stereocenters. The van der Waals surface area contributed by atoms with E-state index in [1.165, 1.54) is 11.8 Å². The molecule has 12 heteroatoms. The number of nitrogens with one attached hydrogen (secondary N) is 4. The van der Waals surface area contributed by atoms with E-state index in [-0.39, 0.29) is 42.8 Å². The third-order valence-corrected chi connectivity index (χ3v) is 8.04. The van der Waals surface area contributed by atoms with Crippen LogP contribution >= 0.6 is 11.8 Å². The average molecular weight is 515 g/mol. The number of fused-ring (bicyclic) bond motifs is 1. The molecule has 3 atom stereocenters. The molecule has 2 fully saturated rings. The zero-order valence-electron chi connectivity index (χ0n) is 20.1. The van der Waals surface area contributed by atoms with Crippen molar-refractivity contribution in [3.63, 3.8) is 0 Å². The molecule has 2 saturated heterocycles. The van der Waals surface area contributed by atoms with Gasteiger partial charge in [-0.3, -0.25) is 19.2 Å². The molecule has 0 spiro atoms. The minimum Gasteiger partial charge on any atom is -0.481 e. The van der Waals surface area contributed by atoms with Crippen LogP contribution in [-0.4, -0.2) is 75.7 Å². The van der Waals surface area contributed by atoms with Crippen molar-refractivity contribution >= 4 is 41.5 Å². The second-order valence-electron chi connectivity index (χ2n) is 9.12. The lowest BCUT2D eigenvalue weighted by Crippen LogP contribution is -2.56. The summed E-state index contributed by atoms with van der Waals surface area (Å²) < 4.78 is -0.813. The number of amides is 4. The molecule has 6 N–H and O–H groups in total. The molecule has 0 aromatic heterocycles. The Labute approximate surface area is 209 Å². The van der Waals surface area contributed by atoms with Gasteiger partial charge in [-0.15, -0.1) is 11.8 Å². The summed E-state index contributed by atoms with van der Waals surface area (Å²) in [5, 5.41) is 29.0. The first-order valence-electron chi connectivity index (χ1n) is 12.4. The van der Waals surface area contributed by atoms with Crippen molar-refractivity contribution in [1.82, 2.24) is 21.3 Å². The quantitative estimate of drug-likeness (QED) is 0.118. The normalized spacial score (nSPS) is 22.7. The van der Waals surface area contributed by atoms with E-state index in [9.17, 15) is 24.0 Å². The maximum Gasteiger partial charge on any atom is 0.315 e. The summed E-state index contributed by atoms with van der Waals surface area (Å²) in [5.74, 6) is -1.18. The second kappa shape index (κ2) is 14.8. The van der Waals surface area contributed by atoms with Gasteiger partial charge in [0.2, 0.25) is 11.8 Å². The smallest absolute Gasteiger partial charge is 0.315 e. The molecular weight excluding hydrogens is 476 g/mol. The van der Waals surface area contributed by atoms with E-state index in [0.29, 0.717) is 57.4 Å². The van der Waals surface area contributed by atoms with Crippen LogP contribution in [0.25, 0.3) is 0 Å². The monoisotopic (exact) mass is 514 g/mol. The SMILES string of the molecule is O=C(O)CCCCCNC(=O)CCCCCNC(=O)[C@@]1(CCCCC(=O)O)SC[C@@H]2NC(=O)N[C@@H]21. The summed E-state index contributed by atoms with van der Waals surface area (Å²) in [6, 6.07) is -0.715. The summed E-state index contributed by atoms with van der Waals surface area (Å²) in [4.78, 5) is 58.2. The minimum atomic E-state index is -0.860. The highest BCUT2D eigenvalue weighted by Crippen LogP contribution is 2.44. The molecule has 2 heterocycles. The van der Waals surface area contributed by atoms with E-state index in [4.69, 9.17) is 10.2 Å². The molecule has 35 heavy (non-hydrogen) atoms. The van der Waals surface area contributed by atoms with Crippen LogP contribution in [0.3, 0.4) is 0 Å². The zero-order chi connectivity index (χ0) is 25.7. The Kier molecular flexibility index (Phi) is 12.1. The van der Waals surface area contributed by atoms with E-state index in [2.05, 4.69) is 21.3 Å². The lowest BCUT2D eigenvalue weighted by atomic mass is 9.88. The van der Waals surface area contributed by atoms with E-state index in [1.807, 2.05) is 0 Å². The molecule has 2 aliphatic rings. The molecule has 0 aromatic carbocycles. The predicted octanol–water partition coefficient (Wildman–Crippen LogP) is 1.60. The molecule has 11 nitrogen and oxygen atoms in total. The predicted molar refractivity (Wildman–Crippen MR) is 131 cm³/mol. The highest BCUT2D eigenvalue weighted by Gasteiger charge is 2.57. The Morgan fingerprint density at radius 2 is 1.43 bits per heavy atom. The van der Waals surface area contributed by atoms with Gasteiger partial charge in [0.15, 0.2) is 0 Å². The van der Waals surface area contributed by atoms with Gasteiger partial charge in [-0.1, -0.05) is 19.3 Å². The summed E-state index contributed by atoms with van der Waals surface area (Å²) in [5.41, 5.74) is 0. The number of carbonyl (C=O) groups excluding carboxylic acids is 3. The maximum atomic E-state index is 13.2. The van der Waals surface area contributed by atoms with E-state index in [0.717, 1.165) is 25.7 Å². The van der Waals surface area contributed by atoms with Crippen molar-refractivity contribution in [3.8, 4) is 0 Å². The molecular formula is C23H38N4O7S. The topological polar surface area (TPSA) is 174 Å². The van der Waals surface area contributed by atoms with Crippen LogP contribution in [0.15, 0.2) is 0 Å². The van der Waals surface area contributed by atoms with Crippen LogP contribution < -0.4 is 21.3 Å². The van der Waals surface area contributed by atoms with Crippen molar-refractivity contribution in [2.75, 3.05) is 18.8 Å². The van der Waals surface area contributed by atoms with Gasteiger partial charge in [0.1, 0.15) is 4.75 Å². The van der Waals surface area contributed by atoms with Crippen molar-refractivity contribution in [2.45, 2.75) is 93.9 Å². The van der Waals surface area contributed by atoms with Gasteiger partial charge in [0, 0.05) is 38.1 Å². The van der Waals surface area contributed by atoms with Gasteiger partial charge in [-0.25, -0.2) is 4.79 Å². The first kappa shape index (κ1) is 28.7. The van der Waals surface area contributed by atoms with Gasteiger partial charge < -0.3 is 31.5 Å². The fourth-order valence-corrected chi connectivity index (χ4v) is 6.14.